The number of benzene rings is 1. The highest BCUT2D eigenvalue weighted by Crippen LogP contribution is 2.18. The minimum atomic E-state index is -0.207. The summed E-state index contributed by atoms with van der Waals surface area (Å²) in [6.07, 6.45) is 9.93. The second-order valence-electron chi connectivity index (χ2n) is 5.65. The molecule has 1 aromatic carbocycles. The summed E-state index contributed by atoms with van der Waals surface area (Å²) in [5.41, 5.74) is 0. The lowest BCUT2D eigenvalue weighted by Gasteiger charge is -2.25. The number of amides is 1. The number of nitrogens with one attached hydrogen (secondary N) is 1. The Labute approximate surface area is 146 Å². The van der Waals surface area contributed by atoms with E-state index in [-0.39, 0.29) is 19.2 Å². The van der Waals surface area contributed by atoms with E-state index in [1.54, 1.807) is 59.8 Å². The zero-order chi connectivity index (χ0) is 17.5. The van der Waals surface area contributed by atoms with Crippen molar-refractivity contribution in [2.75, 3.05) is 0 Å². The van der Waals surface area contributed by atoms with Crippen molar-refractivity contribution < 1.29 is 11.3 Å². The number of phenolic OH excluding ortho intramolecular Hbond substituents is 1. The first kappa shape index (κ1) is 16.6. The van der Waals surface area contributed by atoms with Crippen molar-refractivity contribution >= 4 is 5.91 Å². The normalized spacial score (nSPS) is 13.3. The molecule has 0 unspecified atom stereocenters. The highest BCUT2D eigenvalue weighted by Gasteiger charge is 2.21. The number of para-hydroxylation sites is 1. The minimum Gasteiger partial charge on any atom is -0.508 e. The van der Waals surface area contributed by atoms with E-state index in [1.807, 2.05) is 6.07 Å². The summed E-state index contributed by atoms with van der Waals surface area (Å²) in [5, 5.41) is 11.5. The molecule has 130 valence electrons. The van der Waals surface area contributed by atoms with Gasteiger partial charge in [0.1, 0.15) is 17.9 Å². The Morgan fingerprint density at radius 3 is 2.56 bits per heavy atom. The number of imidazole rings is 1. The second-order valence-corrected chi connectivity index (χ2v) is 5.65. The van der Waals surface area contributed by atoms with Gasteiger partial charge in [-0.2, -0.15) is 0 Å². The third-order valence-electron chi connectivity index (χ3n) is 3.81. The van der Waals surface area contributed by atoms with Crippen molar-refractivity contribution in [3.63, 3.8) is 0 Å². The van der Waals surface area contributed by atoms with E-state index < -0.39 is 0 Å². The Bertz CT molecular complexity index is 807. The SMILES string of the molecule is O=C(NC1CCC1)c1nccc(-n2ccnc2)n1.Oc1ccccc1.[HH]. The number of aromatic hydroxyl groups is 1. The van der Waals surface area contributed by atoms with Crippen LogP contribution in [0, 0.1) is 0 Å². The van der Waals surface area contributed by atoms with Gasteiger partial charge in [-0.15, -0.1) is 0 Å². The van der Waals surface area contributed by atoms with Crippen LogP contribution < -0.4 is 5.32 Å². The first-order valence-corrected chi connectivity index (χ1v) is 8.08. The van der Waals surface area contributed by atoms with Crippen LogP contribution in [-0.4, -0.2) is 36.6 Å². The number of hydrogen-bond acceptors (Lipinski definition) is 5. The Hall–Kier alpha value is -3.22. The number of nitrogens with zero attached hydrogens (tertiary/aromatic N) is 4. The summed E-state index contributed by atoms with van der Waals surface area (Å²) < 4.78 is 1.74. The molecule has 0 bridgehead atoms. The predicted octanol–water partition coefficient (Wildman–Crippen LogP) is 2.58. The van der Waals surface area contributed by atoms with Gasteiger partial charge in [-0.05, 0) is 37.5 Å². The van der Waals surface area contributed by atoms with Crippen LogP contribution in [0.3, 0.4) is 0 Å². The zero-order valence-corrected chi connectivity index (χ0v) is 13.6. The molecule has 0 aliphatic heterocycles. The third-order valence-corrected chi connectivity index (χ3v) is 3.81. The number of aromatic nitrogens is 4. The number of carbonyl (C=O) groups is 1. The Balaban J connectivity index is 0.000000258. The summed E-state index contributed by atoms with van der Waals surface area (Å²) in [6, 6.07) is 10.7. The number of rotatable bonds is 3. The first-order chi connectivity index (χ1) is 12.2. The van der Waals surface area contributed by atoms with Crippen LogP contribution in [0.15, 0.2) is 61.3 Å². The molecule has 2 aromatic heterocycles. The molecule has 25 heavy (non-hydrogen) atoms. The molecule has 2 N–H and O–H groups in total. The molecule has 4 rings (SSSR count). The molecule has 0 radical (unpaired) electrons. The molecule has 1 aliphatic carbocycles. The molecule has 1 aliphatic rings. The van der Waals surface area contributed by atoms with Crippen LogP contribution in [0.4, 0.5) is 0 Å². The lowest BCUT2D eigenvalue weighted by molar-refractivity contribution is 0.0906. The summed E-state index contributed by atoms with van der Waals surface area (Å²) in [4.78, 5) is 24.1. The summed E-state index contributed by atoms with van der Waals surface area (Å²) in [5.74, 6) is 0.957. The first-order valence-electron chi connectivity index (χ1n) is 8.08. The second kappa shape index (κ2) is 8.05. The number of hydrogen-bond donors (Lipinski definition) is 2. The van der Waals surface area contributed by atoms with E-state index in [0.29, 0.717) is 11.6 Å². The maximum atomic E-state index is 11.9. The highest BCUT2D eigenvalue weighted by molar-refractivity contribution is 5.90. The Morgan fingerprint density at radius 2 is 2.00 bits per heavy atom. The fourth-order valence-electron chi connectivity index (χ4n) is 2.23. The van der Waals surface area contributed by atoms with Gasteiger partial charge >= 0.3 is 0 Å². The van der Waals surface area contributed by atoms with Crippen molar-refractivity contribution in [3.8, 4) is 11.6 Å². The fraction of sp³-hybridized carbons (Fsp3) is 0.222. The van der Waals surface area contributed by atoms with Crippen LogP contribution in [0.1, 0.15) is 31.3 Å². The molecule has 1 amide bonds. The topological polar surface area (TPSA) is 92.9 Å². The maximum Gasteiger partial charge on any atom is 0.289 e. The Morgan fingerprint density at radius 1 is 1.20 bits per heavy atom. The van der Waals surface area contributed by atoms with Crippen molar-refractivity contribution in [2.24, 2.45) is 0 Å². The van der Waals surface area contributed by atoms with Crippen molar-refractivity contribution in [2.45, 2.75) is 25.3 Å². The van der Waals surface area contributed by atoms with E-state index in [4.69, 9.17) is 5.11 Å². The van der Waals surface area contributed by atoms with Crippen molar-refractivity contribution in [1.82, 2.24) is 24.8 Å². The van der Waals surface area contributed by atoms with Gasteiger partial charge in [0.25, 0.3) is 5.91 Å². The quantitative estimate of drug-likeness (QED) is 0.765. The number of carbonyl (C=O) groups excluding carboxylic acids is 1. The molecule has 0 atom stereocenters. The highest BCUT2D eigenvalue weighted by atomic mass is 16.3. The van der Waals surface area contributed by atoms with Crippen LogP contribution >= 0.6 is 0 Å². The molecule has 0 spiro atoms. The van der Waals surface area contributed by atoms with Crippen molar-refractivity contribution in [3.05, 3.63) is 67.1 Å². The average Bonchev–Trinajstić information content (AvgIpc) is 3.14. The molecule has 0 saturated heterocycles. The van der Waals surface area contributed by atoms with E-state index in [0.717, 1.165) is 12.8 Å². The fourth-order valence-corrected chi connectivity index (χ4v) is 2.23. The average molecular weight is 339 g/mol. The molecule has 1 fully saturated rings. The van der Waals surface area contributed by atoms with Gasteiger partial charge in [-0.25, -0.2) is 15.0 Å². The third kappa shape index (κ3) is 4.63. The molecular formula is C18H21N5O2. The molecule has 7 heteroatoms. The zero-order valence-electron chi connectivity index (χ0n) is 13.6. The smallest absolute Gasteiger partial charge is 0.289 e. The minimum absolute atomic E-state index is 0. The number of phenols is 1. The summed E-state index contributed by atoms with van der Waals surface area (Å²) in [7, 11) is 0. The molecular weight excluding hydrogens is 318 g/mol. The van der Waals surface area contributed by atoms with Gasteiger partial charge in [0.05, 0.1) is 0 Å². The Kier molecular flexibility index (Phi) is 5.36. The summed E-state index contributed by atoms with van der Waals surface area (Å²) >= 11 is 0. The van der Waals surface area contributed by atoms with Crippen LogP contribution in [0.25, 0.3) is 5.82 Å². The van der Waals surface area contributed by atoms with Gasteiger partial charge in [0.15, 0.2) is 0 Å². The largest absolute Gasteiger partial charge is 0.508 e. The lowest BCUT2D eigenvalue weighted by Crippen LogP contribution is -2.40. The monoisotopic (exact) mass is 339 g/mol. The van der Waals surface area contributed by atoms with Gasteiger partial charge in [-0.1, -0.05) is 18.2 Å². The van der Waals surface area contributed by atoms with Crippen molar-refractivity contribution in [1.29, 1.82) is 0 Å². The molecule has 1 saturated carbocycles. The van der Waals surface area contributed by atoms with Crippen LogP contribution in [0.5, 0.6) is 5.75 Å². The van der Waals surface area contributed by atoms with Gasteiger partial charge in [0, 0.05) is 26.1 Å². The van der Waals surface area contributed by atoms with Gasteiger partial charge in [-0.3, -0.25) is 9.36 Å². The van der Waals surface area contributed by atoms with Gasteiger partial charge in [0.2, 0.25) is 5.82 Å². The molecule has 7 nitrogen and oxygen atoms in total. The van der Waals surface area contributed by atoms with Gasteiger partial charge < -0.3 is 10.4 Å². The molecule has 2 heterocycles. The standard InChI is InChI=1S/C12H13N5O.C6H6O.H2/c18-12(15-9-2-1-3-9)11-14-5-4-10(16-11)17-7-6-13-8-17;7-6-4-2-1-3-5-6;/h4-9H,1-3H2,(H,15,18);1-5,7H;1H. The predicted molar refractivity (Wildman–Crippen MR) is 94.5 cm³/mol. The molecule has 3 aromatic rings. The van der Waals surface area contributed by atoms with Crippen LogP contribution in [-0.2, 0) is 0 Å². The lowest BCUT2D eigenvalue weighted by atomic mass is 9.93. The summed E-state index contributed by atoms with van der Waals surface area (Å²) in [6.45, 7) is 0. The van der Waals surface area contributed by atoms with E-state index in [1.165, 1.54) is 6.42 Å². The van der Waals surface area contributed by atoms with Crippen LogP contribution in [0.2, 0.25) is 0 Å². The van der Waals surface area contributed by atoms with E-state index in [9.17, 15) is 4.79 Å². The van der Waals surface area contributed by atoms with E-state index in [2.05, 4.69) is 20.3 Å². The maximum absolute atomic E-state index is 11.9. The van der Waals surface area contributed by atoms with E-state index >= 15 is 0 Å².